The Balaban J connectivity index is 3.05. The number of hydrogen-bond donors (Lipinski definition) is 2. The summed E-state index contributed by atoms with van der Waals surface area (Å²) in [6, 6.07) is 1.29. The Hall–Kier alpha value is -0.935. The molecule has 0 aromatic carbocycles. The van der Waals surface area contributed by atoms with Crippen LogP contribution in [0.15, 0.2) is 12.3 Å². The van der Waals surface area contributed by atoms with Crippen molar-refractivity contribution in [2.45, 2.75) is 6.92 Å². The highest BCUT2D eigenvalue weighted by molar-refractivity contribution is 6.57. The molecule has 0 bridgehead atoms. The Morgan fingerprint density at radius 3 is 2.64 bits per heavy atom. The molecule has 0 aliphatic heterocycles. The van der Waals surface area contributed by atoms with Gasteiger partial charge in [0.1, 0.15) is 5.82 Å². The molecule has 11 heavy (non-hydrogen) atoms. The van der Waals surface area contributed by atoms with Crippen LogP contribution in [0.5, 0.6) is 0 Å². The van der Waals surface area contributed by atoms with Crippen molar-refractivity contribution in [2.24, 2.45) is 0 Å². The van der Waals surface area contributed by atoms with Gasteiger partial charge in [-0.25, -0.2) is 4.39 Å². The van der Waals surface area contributed by atoms with Crippen LogP contribution in [0.4, 0.5) is 4.39 Å². The van der Waals surface area contributed by atoms with Crippen LogP contribution in [0.3, 0.4) is 0 Å². The van der Waals surface area contributed by atoms with Gasteiger partial charge < -0.3 is 10.0 Å². The molecule has 0 saturated heterocycles. The van der Waals surface area contributed by atoms with Crippen LogP contribution in [0.2, 0.25) is 0 Å². The smallest absolute Gasteiger partial charge is 0.422 e. The molecule has 0 atom stereocenters. The van der Waals surface area contributed by atoms with E-state index in [4.69, 9.17) is 10.0 Å². The average molecular weight is 155 g/mol. The first-order chi connectivity index (χ1) is 5.11. The maximum atomic E-state index is 12.5. The van der Waals surface area contributed by atoms with Gasteiger partial charge in [-0.05, 0) is 18.6 Å². The van der Waals surface area contributed by atoms with E-state index in [1.54, 1.807) is 0 Å². The Morgan fingerprint density at radius 2 is 2.18 bits per heavy atom. The molecule has 0 aliphatic carbocycles. The van der Waals surface area contributed by atoms with Gasteiger partial charge in [0, 0.05) is 0 Å². The molecule has 2 N–H and O–H groups in total. The van der Waals surface area contributed by atoms with Crippen LogP contribution in [0.1, 0.15) is 5.56 Å². The Morgan fingerprint density at radius 1 is 1.55 bits per heavy atom. The summed E-state index contributed by atoms with van der Waals surface area (Å²) in [5.41, 5.74) is 0.409. The Bertz CT molecular complexity index is 267. The molecule has 0 spiro atoms. The van der Waals surface area contributed by atoms with Crippen molar-refractivity contribution in [3.8, 4) is 0 Å². The van der Waals surface area contributed by atoms with Gasteiger partial charge >= 0.3 is 7.12 Å². The monoisotopic (exact) mass is 155 g/mol. The van der Waals surface area contributed by atoms with Crippen molar-refractivity contribution in [3.63, 3.8) is 0 Å². The van der Waals surface area contributed by atoms with Gasteiger partial charge in [-0.2, -0.15) is 0 Å². The zero-order valence-corrected chi connectivity index (χ0v) is 5.95. The molecule has 0 saturated carbocycles. The summed E-state index contributed by atoms with van der Waals surface area (Å²) < 4.78 is 12.5. The summed E-state index contributed by atoms with van der Waals surface area (Å²) in [5, 5.41) is 17.2. The summed E-state index contributed by atoms with van der Waals surface area (Å²) in [6.07, 6.45) is 0.962. The fraction of sp³-hybridized carbons (Fsp3) is 0.167. The van der Waals surface area contributed by atoms with Crippen molar-refractivity contribution >= 4 is 12.7 Å². The zero-order chi connectivity index (χ0) is 8.43. The SMILES string of the molecule is Cc1cc(B(O)O)ncc1F. The predicted octanol–water partition coefficient (Wildman–Crippen LogP) is -0.791. The number of nitrogens with zero attached hydrogens (tertiary/aromatic N) is 1. The number of hydrogen-bond acceptors (Lipinski definition) is 3. The molecular formula is C6H7BFNO2. The van der Waals surface area contributed by atoms with E-state index in [9.17, 15) is 4.39 Å². The predicted molar refractivity (Wildman–Crippen MR) is 38.8 cm³/mol. The topological polar surface area (TPSA) is 53.4 Å². The standard InChI is InChI=1S/C6H7BFNO2/c1-4-2-6(7(10)11)9-3-5(4)8/h2-3,10-11H,1H3. The highest BCUT2D eigenvalue weighted by Crippen LogP contribution is 1.99. The highest BCUT2D eigenvalue weighted by atomic mass is 19.1. The van der Waals surface area contributed by atoms with E-state index >= 15 is 0 Å². The van der Waals surface area contributed by atoms with Crippen molar-refractivity contribution in [3.05, 3.63) is 23.6 Å². The Labute approximate surface area is 63.7 Å². The maximum absolute atomic E-state index is 12.5. The van der Waals surface area contributed by atoms with Crippen LogP contribution in [-0.2, 0) is 0 Å². The van der Waals surface area contributed by atoms with Crippen LogP contribution in [0, 0.1) is 12.7 Å². The molecule has 1 aromatic heterocycles. The van der Waals surface area contributed by atoms with Crippen molar-refractivity contribution in [1.29, 1.82) is 0 Å². The molecule has 3 nitrogen and oxygen atoms in total. The first-order valence-electron chi connectivity index (χ1n) is 3.09. The van der Waals surface area contributed by atoms with Gasteiger partial charge in [0.2, 0.25) is 0 Å². The lowest BCUT2D eigenvalue weighted by Crippen LogP contribution is -2.32. The second kappa shape index (κ2) is 2.98. The van der Waals surface area contributed by atoms with Gasteiger partial charge in [-0.15, -0.1) is 0 Å². The Kier molecular flexibility index (Phi) is 2.21. The minimum absolute atomic E-state index is 0.0592. The van der Waals surface area contributed by atoms with Crippen molar-refractivity contribution < 1.29 is 14.4 Å². The van der Waals surface area contributed by atoms with Crippen LogP contribution >= 0.6 is 0 Å². The largest absolute Gasteiger partial charge is 0.508 e. The number of aryl methyl sites for hydroxylation is 1. The lowest BCUT2D eigenvalue weighted by Gasteiger charge is -1.99. The lowest BCUT2D eigenvalue weighted by atomic mass is 9.85. The van der Waals surface area contributed by atoms with E-state index in [2.05, 4.69) is 4.98 Å². The molecule has 1 heterocycles. The van der Waals surface area contributed by atoms with E-state index in [-0.39, 0.29) is 5.59 Å². The van der Waals surface area contributed by atoms with Crippen LogP contribution in [-0.4, -0.2) is 22.2 Å². The molecule has 0 radical (unpaired) electrons. The third-order valence-corrected chi connectivity index (χ3v) is 1.33. The van der Waals surface area contributed by atoms with Crippen molar-refractivity contribution in [2.75, 3.05) is 0 Å². The summed E-state index contributed by atoms with van der Waals surface area (Å²) >= 11 is 0. The van der Waals surface area contributed by atoms with Crippen LogP contribution in [0.25, 0.3) is 0 Å². The van der Waals surface area contributed by atoms with Crippen LogP contribution < -0.4 is 5.59 Å². The number of halogens is 1. The summed E-state index contributed by atoms with van der Waals surface area (Å²) in [4.78, 5) is 3.46. The maximum Gasteiger partial charge on any atom is 0.508 e. The normalized spacial score (nSPS) is 9.82. The fourth-order valence-corrected chi connectivity index (χ4v) is 0.702. The minimum Gasteiger partial charge on any atom is -0.422 e. The minimum atomic E-state index is -1.63. The molecule has 0 fully saturated rings. The third-order valence-electron chi connectivity index (χ3n) is 1.33. The van der Waals surface area contributed by atoms with E-state index in [1.807, 2.05) is 0 Å². The van der Waals surface area contributed by atoms with E-state index in [0.717, 1.165) is 6.20 Å². The summed E-state index contributed by atoms with van der Waals surface area (Å²) in [5.74, 6) is -0.450. The number of rotatable bonds is 1. The molecular weight excluding hydrogens is 148 g/mol. The molecule has 58 valence electrons. The van der Waals surface area contributed by atoms with Gasteiger partial charge in [-0.1, -0.05) is 0 Å². The summed E-state index contributed by atoms with van der Waals surface area (Å²) in [7, 11) is -1.63. The zero-order valence-electron chi connectivity index (χ0n) is 5.95. The molecule has 1 aromatic rings. The number of aromatic nitrogens is 1. The van der Waals surface area contributed by atoms with Gasteiger partial charge in [0.15, 0.2) is 0 Å². The fourth-order valence-electron chi connectivity index (χ4n) is 0.702. The van der Waals surface area contributed by atoms with E-state index in [1.165, 1.54) is 13.0 Å². The molecule has 0 unspecified atom stereocenters. The van der Waals surface area contributed by atoms with Gasteiger partial charge in [-0.3, -0.25) is 4.98 Å². The van der Waals surface area contributed by atoms with Crippen molar-refractivity contribution in [1.82, 2.24) is 4.98 Å². The lowest BCUT2D eigenvalue weighted by molar-refractivity contribution is 0.424. The quantitative estimate of drug-likeness (QED) is 0.522. The highest BCUT2D eigenvalue weighted by Gasteiger charge is 2.13. The van der Waals surface area contributed by atoms with Gasteiger partial charge in [0.05, 0.1) is 11.8 Å². The third kappa shape index (κ3) is 1.75. The second-order valence-corrected chi connectivity index (χ2v) is 2.23. The summed E-state index contributed by atoms with van der Waals surface area (Å²) in [6.45, 7) is 1.53. The average Bonchev–Trinajstić information content (AvgIpc) is 1.94. The molecule has 0 amide bonds. The number of pyridine rings is 1. The van der Waals surface area contributed by atoms with Gasteiger partial charge in [0.25, 0.3) is 0 Å². The van der Waals surface area contributed by atoms with E-state index in [0.29, 0.717) is 5.56 Å². The first kappa shape index (κ1) is 8.16. The first-order valence-corrected chi connectivity index (χ1v) is 3.09. The molecule has 5 heteroatoms. The second-order valence-electron chi connectivity index (χ2n) is 2.23. The molecule has 0 aliphatic rings. The van der Waals surface area contributed by atoms with E-state index < -0.39 is 12.9 Å². The molecule has 1 rings (SSSR count).